The van der Waals surface area contributed by atoms with E-state index in [1.165, 1.54) is 23.1 Å². The van der Waals surface area contributed by atoms with Gasteiger partial charge in [-0.2, -0.15) is 18.2 Å². The molecule has 1 heterocycles. The zero-order valence-corrected chi connectivity index (χ0v) is 12.6. The van der Waals surface area contributed by atoms with Gasteiger partial charge in [-0.25, -0.2) is 4.68 Å². The second-order valence-electron chi connectivity index (χ2n) is 5.46. The van der Waals surface area contributed by atoms with E-state index in [1.54, 1.807) is 0 Å². The minimum Gasteiger partial charge on any atom is -0.462 e. The van der Waals surface area contributed by atoms with Crippen LogP contribution in [0.25, 0.3) is 5.69 Å². The molecule has 1 saturated carbocycles. The van der Waals surface area contributed by atoms with Gasteiger partial charge in [-0.05, 0) is 37.1 Å². The van der Waals surface area contributed by atoms with Crippen molar-refractivity contribution in [2.75, 3.05) is 6.61 Å². The summed E-state index contributed by atoms with van der Waals surface area (Å²) in [6, 6.07) is 4.90. The van der Waals surface area contributed by atoms with Crippen LogP contribution in [0.15, 0.2) is 30.6 Å². The first-order valence-electron chi connectivity index (χ1n) is 7.43. The average Bonchev–Trinajstić information content (AvgIpc) is 3.21. The second-order valence-corrected chi connectivity index (χ2v) is 5.46. The molecule has 1 N–H and O–H groups in total. The number of alkyl halides is 3. The fourth-order valence-electron chi connectivity index (χ4n) is 2.00. The van der Waals surface area contributed by atoms with E-state index in [9.17, 15) is 18.0 Å². The van der Waals surface area contributed by atoms with Crippen molar-refractivity contribution >= 4 is 5.91 Å². The summed E-state index contributed by atoms with van der Waals surface area (Å²) in [7, 11) is 0. The van der Waals surface area contributed by atoms with Gasteiger partial charge >= 0.3 is 12.2 Å². The number of aromatic nitrogens is 3. The highest BCUT2D eigenvalue weighted by Crippen LogP contribution is 2.29. The Balaban J connectivity index is 1.53. The van der Waals surface area contributed by atoms with E-state index in [2.05, 4.69) is 15.4 Å². The van der Waals surface area contributed by atoms with Crippen LogP contribution in [-0.4, -0.2) is 33.3 Å². The molecule has 1 amide bonds. The van der Waals surface area contributed by atoms with Gasteiger partial charge < -0.3 is 10.1 Å². The van der Waals surface area contributed by atoms with E-state index in [0.29, 0.717) is 11.7 Å². The van der Waals surface area contributed by atoms with E-state index >= 15 is 0 Å². The predicted molar refractivity (Wildman–Crippen MR) is 77.6 cm³/mol. The van der Waals surface area contributed by atoms with E-state index in [4.69, 9.17) is 4.74 Å². The number of hydrogen-bond acceptors (Lipinski definition) is 4. The number of ether oxygens (including phenoxy) is 1. The van der Waals surface area contributed by atoms with Gasteiger partial charge in [-0.15, -0.1) is 5.10 Å². The summed E-state index contributed by atoms with van der Waals surface area (Å²) < 4.78 is 44.2. The van der Waals surface area contributed by atoms with Gasteiger partial charge in [0.1, 0.15) is 12.9 Å². The van der Waals surface area contributed by atoms with Crippen molar-refractivity contribution in [2.24, 2.45) is 0 Å². The highest BCUT2D eigenvalue weighted by molar-refractivity contribution is 5.76. The molecule has 0 saturated heterocycles. The third-order valence-electron chi connectivity index (χ3n) is 3.43. The van der Waals surface area contributed by atoms with Crippen LogP contribution in [0.5, 0.6) is 6.01 Å². The molecule has 1 aliphatic carbocycles. The van der Waals surface area contributed by atoms with Gasteiger partial charge in [0.2, 0.25) is 5.91 Å². The van der Waals surface area contributed by atoms with Gasteiger partial charge in [-0.1, -0.05) is 0 Å². The summed E-state index contributed by atoms with van der Waals surface area (Å²) in [5.74, 6) is -0.0836. The van der Waals surface area contributed by atoms with Crippen LogP contribution in [0, 0.1) is 0 Å². The number of hydrogen-bond donors (Lipinski definition) is 1. The molecule has 1 aromatic heterocycles. The number of halogens is 3. The second kappa shape index (κ2) is 6.50. The van der Waals surface area contributed by atoms with E-state index < -0.39 is 11.7 Å². The maximum absolute atomic E-state index is 12.5. The topological polar surface area (TPSA) is 69.0 Å². The molecule has 0 atom stereocenters. The lowest BCUT2D eigenvalue weighted by molar-refractivity contribution is -0.137. The molecule has 0 aliphatic heterocycles. The van der Waals surface area contributed by atoms with E-state index in [-0.39, 0.29) is 24.9 Å². The molecule has 1 aliphatic rings. The summed E-state index contributed by atoms with van der Waals surface area (Å²) in [6.45, 7) is 0.135. The van der Waals surface area contributed by atoms with Gasteiger partial charge in [0, 0.05) is 6.04 Å². The summed E-state index contributed by atoms with van der Waals surface area (Å²) in [6.07, 6.45) is -0.804. The van der Waals surface area contributed by atoms with Crippen molar-refractivity contribution in [3.05, 3.63) is 36.2 Å². The van der Waals surface area contributed by atoms with Gasteiger partial charge in [0.05, 0.1) is 17.7 Å². The molecule has 9 heteroatoms. The molecule has 1 aromatic carbocycles. The van der Waals surface area contributed by atoms with Crippen molar-refractivity contribution < 1.29 is 22.7 Å². The average molecular weight is 340 g/mol. The van der Waals surface area contributed by atoms with E-state index in [1.807, 2.05) is 0 Å². The Bertz CT molecular complexity index is 708. The Labute approximate surface area is 135 Å². The van der Waals surface area contributed by atoms with Crippen molar-refractivity contribution in [3.63, 3.8) is 0 Å². The zero-order chi connectivity index (χ0) is 17.2. The monoisotopic (exact) mass is 340 g/mol. The number of rotatable bonds is 6. The zero-order valence-electron chi connectivity index (χ0n) is 12.6. The highest BCUT2D eigenvalue weighted by atomic mass is 19.4. The molecule has 6 nitrogen and oxygen atoms in total. The Morgan fingerprint density at radius 2 is 2.00 bits per heavy atom. The molecular formula is C15H15F3N4O2. The summed E-state index contributed by atoms with van der Waals surface area (Å²) in [5.41, 5.74) is -0.304. The standard InChI is InChI=1S/C15H15F3N4O2/c16-15(17,18)10-1-5-12(6-2-10)22-9-19-14(21-22)24-8-7-13(23)20-11-3-4-11/h1-2,5-6,9,11H,3-4,7-8H2,(H,20,23). The van der Waals surface area contributed by atoms with Crippen LogP contribution in [0.4, 0.5) is 13.2 Å². The lowest BCUT2D eigenvalue weighted by atomic mass is 10.2. The van der Waals surface area contributed by atoms with Crippen molar-refractivity contribution in [2.45, 2.75) is 31.5 Å². The number of amides is 1. The van der Waals surface area contributed by atoms with E-state index in [0.717, 1.165) is 25.0 Å². The molecule has 0 spiro atoms. The summed E-state index contributed by atoms with van der Waals surface area (Å²) >= 11 is 0. The van der Waals surface area contributed by atoms with Crippen molar-refractivity contribution in [3.8, 4) is 11.7 Å². The SMILES string of the molecule is O=C(CCOc1ncn(-c2ccc(C(F)(F)F)cc2)n1)NC1CC1. The predicted octanol–water partition coefficient (Wildman–Crippen LogP) is 2.33. The van der Waals surface area contributed by atoms with Crippen LogP contribution >= 0.6 is 0 Å². The maximum Gasteiger partial charge on any atom is 0.416 e. The first-order valence-corrected chi connectivity index (χ1v) is 7.43. The highest BCUT2D eigenvalue weighted by Gasteiger charge is 2.30. The Morgan fingerprint density at radius 1 is 1.29 bits per heavy atom. The van der Waals surface area contributed by atoms with Gasteiger partial charge in [0.25, 0.3) is 0 Å². The maximum atomic E-state index is 12.5. The van der Waals surface area contributed by atoms with Crippen molar-refractivity contribution in [1.82, 2.24) is 20.1 Å². The number of nitrogens with one attached hydrogen (secondary N) is 1. The molecule has 0 radical (unpaired) electrons. The fraction of sp³-hybridized carbons (Fsp3) is 0.400. The molecule has 0 unspecified atom stereocenters. The normalized spacial score (nSPS) is 14.5. The van der Waals surface area contributed by atoms with Crippen LogP contribution in [0.2, 0.25) is 0 Å². The molecule has 128 valence electrons. The third-order valence-corrected chi connectivity index (χ3v) is 3.43. The largest absolute Gasteiger partial charge is 0.462 e. The summed E-state index contributed by atoms with van der Waals surface area (Å²) in [4.78, 5) is 15.4. The van der Waals surface area contributed by atoms with Crippen LogP contribution in [-0.2, 0) is 11.0 Å². The molecular weight excluding hydrogens is 325 g/mol. The van der Waals surface area contributed by atoms with Crippen LogP contribution in [0.3, 0.4) is 0 Å². The molecule has 3 rings (SSSR count). The quantitative estimate of drug-likeness (QED) is 0.876. The smallest absolute Gasteiger partial charge is 0.416 e. The minimum atomic E-state index is -4.38. The molecule has 24 heavy (non-hydrogen) atoms. The number of carbonyl (C=O) groups is 1. The number of carbonyl (C=O) groups excluding carboxylic acids is 1. The van der Waals surface area contributed by atoms with Gasteiger partial charge in [-0.3, -0.25) is 4.79 Å². The minimum absolute atomic E-state index is 0.0640. The Morgan fingerprint density at radius 3 is 2.62 bits per heavy atom. The first kappa shape index (κ1) is 16.3. The summed E-state index contributed by atoms with van der Waals surface area (Å²) in [5, 5.41) is 6.84. The van der Waals surface area contributed by atoms with Gasteiger partial charge in [0.15, 0.2) is 0 Å². The molecule has 2 aromatic rings. The Kier molecular flexibility index (Phi) is 4.41. The molecule has 1 fully saturated rings. The fourth-order valence-corrected chi connectivity index (χ4v) is 2.00. The molecule has 0 bridgehead atoms. The lowest BCUT2D eigenvalue weighted by Crippen LogP contribution is -2.26. The Hall–Kier alpha value is -2.58. The lowest BCUT2D eigenvalue weighted by Gasteiger charge is -2.07. The van der Waals surface area contributed by atoms with Crippen LogP contribution < -0.4 is 10.1 Å². The van der Waals surface area contributed by atoms with Crippen molar-refractivity contribution in [1.29, 1.82) is 0 Å². The first-order chi connectivity index (χ1) is 11.4. The third kappa shape index (κ3) is 4.24. The number of benzene rings is 1. The number of nitrogens with zero attached hydrogens (tertiary/aromatic N) is 3. The van der Waals surface area contributed by atoms with Crippen LogP contribution in [0.1, 0.15) is 24.8 Å².